The molecular formula is C10H15ClRu. The van der Waals surface area contributed by atoms with Crippen LogP contribution < -0.4 is 0 Å². The number of hydrogen-bond donors (Lipinski definition) is 0. The molecule has 0 atom stereocenters. The molecule has 1 aliphatic rings. The SMILES string of the molecule is CC1=C(C)C(C)(C)C(Cl)=C1C.[Ru]. The number of hydrogen-bond acceptors (Lipinski definition) is 0. The van der Waals surface area contributed by atoms with E-state index in [4.69, 9.17) is 11.6 Å². The van der Waals surface area contributed by atoms with E-state index in [0.29, 0.717) is 0 Å². The molecule has 0 spiro atoms. The molecule has 2 heteroatoms. The third-order valence-corrected chi connectivity index (χ3v) is 3.70. The van der Waals surface area contributed by atoms with E-state index < -0.39 is 0 Å². The molecule has 70 valence electrons. The molecule has 0 saturated heterocycles. The summed E-state index contributed by atoms with van der Waals surface area (Å²) >= 11 is 6.18. The van der Waals surface area contributed by atoms with E-state index in [9.17, 15) is 0 Å². The van der Waals surface area contributed by atoms with Gasteiger partial charge in [-0.05, 0) is 31.9 Å². The molecule has 0 unspecified atom stereocenters. The van der Waals surface area contributed by atoms with Gasteiger partial charge in [0.15, 0.2) is 0 Å². The first-order valence-electron chi connectivity index (χ1n) is 3.94. The largest absolute Gasteiger partial charge is 0.0879 e. The Labute approximate surface area is 92.8 Å². The average Bonchev–Trinajstić information content (AvgIpc) is 2.06. The van der Waals surface area contributed by atoms with Crippen LogP contribution in [-0.4, -0.2) is 0 Å². The molecular weight excluding hydrogens is 257 g/mol. The fraction of sp³-hybridized carbons (Fsp3) is 0.600. The van der Waals surface area contributed by atoms with Gasteiger partial charge in [-0.3, -0.25) is 0 Å². The Morgan fingerprint density at radius 2 is 1.42 bits per heavy atom. The van der Waals surface area contributed by atoms with Gasteiger partial charge in [0.1, 0.15) is 0 Å². The molecule has 0 bridgehead atoms. The standard InChI is InChI=1S/C10H15Cl.Ru/c1-6-7(2)9(11)10(4,5)8(6)3;/h1-5H3;. The molecule has 0 saturated carbocycles. The van der Waals surface area contributed by atoms with Crippen LogP contribution in [0.1, 0.15) is 34.6 Å². The van der Waals surface area contributed by atoms with Gasteiger partial charge in [-0.15, -0.1) is 0 Å². The van der Waals surface area contributed by atoms with Crippen LogP contribution in [0.2, 0.25) is 0 Å². The van der Waals surface area contributed by atoms with Gasteiger partial charge in [0, 0.05) is 29.9 Å². The van der Waals surface area contributed by atoms with Crippen molar-refractivity contribution < 1.29 is 19.5 Å². The normalized spacial score (nSPS) is 21.5. The molecule has 1 rings (SSSR count). The smallest absolute Gasteiger partial charge is 0.0309 e. The summed E-state index contributed by atoms with van der Waals surface area (Å²) in [5.74, 6) is 0. The Balaban J connectivity index is 0.00000121. The molecule has 12 heavy (non-hydrogen) atoms. The average molecular weight is 272 g/mol. The molecule has 0 fully saturated rings. The fourth-order valence-electron chi connectivity index (χ4n) is 1.55. The van der Waals surface area contributed by atoms with Crippen molar-refractivity contribution in [2.75, 3.05) is 0 Å². The molecule has 1 aliphatic carbocycles. The summed E-state index contributed by atoms with van der Waals surface area (Å²) in [5.41, 5.74) is 4.10. The minimum absolute atomic E-state index is 0. The van der Waals surface area contributed by atoms with Crippen molar-refractivity contribution in [2.24, 2.45) is 5.41 Å². The van der Waals surface area contributed by atoms with Gasteiger partial charge < -0.3 is 0 Å². The van der Waals surface area contributed by atoms with Crippen LogP contribution in [0.5, 0.6) is 0 Å². The van der Waals surface area contributed by atoms with E-state index in [0.717, 1.165) is 5.03 Å². The van der Waals surface area contributed by atoms with Gasteiger partial charge in [-0.1, -0.05) is 31.0 Å². The molecule has 0 radical (unpaired) electrons. The second kappa shape index (κ2) is 3.64. The van der Waals surface area contributed by atoms with E-state index >= 15 is 0 Å². The van der Waals surface area contributed by atoms with Crippen LogP contribution >= 0.6 is 11.6 Å². The fourth-order valence-corrected chi connectivity index (χ4v) is 1.83. The summed E-state index contributed by atoms with van der Waals surface area (Å²) in [4.78, 5) is 0. The van der Waals surface area contributed by atoms with E-state index in [1.54, 1.807) is 0 Å². The van der Waals surface area contributed by atoms with Crippen LogP contribution in [-0.2, 0) is 19.5 Å². The van der Waals surface area contributed by atoms with E-state index in [1.165, 1.54) is 16.7 Å². The van der Waals surface area contributed by atoms with Gasteiger partial charge in [0.2, 0.25) is 0 Å². The van der Waals surface area contributed by atoms with Crippen LogP contribution in [0.15, 0.2) is 21.8 Å². The molecule has 0 amide bonds. The minimum atomic E-state index is 0. The zero-order valence-corrected chi connectivity index (χ0v) is 10.7. The quantitative estimate of drug-likeness (QED) is 0.587. The Morgan fingerprint density at radius 3 is 1.50 bits per heavy atom. The van der Waals surface area contributed by atoms with Crippen molar-refractivity contribution in [3.8, 4) is 0 Å². The predicted octanol–water partition coefficient (Wildman–Crippen LogP) is 3.87. The Morgan fingerprint density at radius 1 is 1.00 bits per heavy atom. The molecule has 0 aromatic heterocycles. The third-order valence-electron chi connectivity index (χ3n) is 2.94. The topological polar surface area (TPSA) is 0 Å². The van der Waals surface area contributed by atoms with Crippen molar-refractivity contribution in [1.82, 2.24) is 0 Å². The van der Waals surface area contributed by atoms with Crippen LogP contribution in [0.4, 0.5) is 0 Å². The second-order valence-corrected chi connectivity index (χ2v) is 4.19. The minimum Gasteiger partial charge on any atom is -0.0879 e. The first-order chi connectivity index (χ1) is 4.89. The van der Waals surface area contributed by atoms with Gasteiger partial charge in [-0.2, -0.15) is 0 Å². The maximum absolute atomic E-state index is 6.18. The monoisotopic (exact) mass is 272 g/mol. The molecule has 0 aromatic carbocycles. The summed E-state index contributed by atoms with van der Waals surface area (Å²) < 4.78 is 0. The number of rotatable bonds is 0. The first kappa shape index (κ1) is 12.4. The summed E-state index contributed by atoms with van der Waals surface area (Å²) in [6.07, 6.45) is 0. The maximum Gasteiger partial charge on any atom is 0.0309 e. The second-order valence-electron chi connectivity index (χ2n) is 3.81. The van der Waals surface area contributed by atoms with Gasteiger partial charge in [-0.25, -0.2) is 0 Å². The number of halogens is 1. The summed E-state index contributed by atoms with van der Waals surface area (Å²) in [7, 11) is 0. The zero-order chi connectivity index (χ0) is 8.81. The van der Waals surface area contributed by atoms with Crippen molar-refractivity contribution >= 4 is 11.6 Å². The molecule has 0 aromatic rings. The zero-order valence-electron chi connectivity index (χ0n) is 8.23. The number of allylic oxidation sites excluding steroid dienone is 4. The summed E-state index contributed by atoms with van der Waals surface area (Å²) in [5, 5.41) is 1.01. The van der Waals surface area contributed by atoms with E-state index in [-0.39, 0.29) is 24.9 Å². The first-order valence-corrected chi connectivity index (χ1v) is 4.32. The molecule has 0 nitrogen and oxygen atoms in total. The van der Waals surface area contributed by atoms with E-state index in [2.05, 4.69) is 34.6 Å². The summed E-state index contributed by atoms with van der Waals surface area (Å²) in [6, 6.07) is 0. The van der Waals surface area contributed by atoms with Crippen LogP contribution in [0.25, 0.3) is 0 Å². The Bertz CT molecular complexity index is 233. The van der Waals surface area contributed by atoms with Gasteiger partial charge >= 0.3 is 0 Å². The van der Waals surface area contributed by atoms with Crippen molar-refractivity contribution in [3.63, 3.8) is 0 Å². The van der Waals surface area contributed by atoms with Crippen molar-refractivity contribution in [2.45, 2.75) is 34.6 Å². The Kier molecular flexibility index (Phi) is 3.76. The maximum atomic E-state index is 6.18. The molecule has 0 aliphatic heterocycles. The van der Waals surface area contributed by atoms with Crippen LogP contribution in [0.3, 0.4) is 0 Å². The van der Waals surface area contributed by atoms with Gasteiger partial charge in [0.25, 0.3) is 0 Å². The van der Waals surface area contributed by atoms with E-state index in [1.807, 2.05) is 0 Å². The van der Waals surface area contributed by atoms with Crippen molar-refractivity contribution in [1.29, 1.82) is 0 Å². The molecule has 0 N–H and O–H groups in total. The molecule has 0 heterocycles. The van der Waals surface area contributed by atoms with Gasteiger partial charge in [0.05, 0.1) is 0 Å². The van der Waals surface area contributed by atoms with Crippen molar-refractivity contribution in [3.05, 3.63) is 21.8 Å². The predicted molar refractivity (Wildman–Crippen MR) is 50.7 cm³/mol. The van der Waals surface area contributed by atoms with Crippen LogP contribution in [0, 0.1) is 5.41 Å². The third kappa shape index (κ3) is 1.54. The Hall–Kier alpha value is 0.393. The summed E-state index contributed by atoms with van der Waals surface area (Å²) in [6.45, 7) is 10.7.